The van der Waals surface area contributed by atoms with Crippen molar-refractivity contribution < 1.29 is 9.53 Å². The van der Waals surface area contributed by atoms with Gasteiger partial charge in [-0.15, -0.1) is 0 Å². The number of ether oxygens (including phenoxy) is 1. The average Bonchev–Trinajstić information content (AvgIpc) is 1.35. The van der Waals surface area contributed by atoms with Gasteiger partial charge in [0.15, 0.2) is 17.4 Å². The maximum absolute atomic E-state index is 9.75. The molecule has 0 fully saturated rings. The molecule has 0 atom stereocenters. The molecule has 0 amide bonds. The van der Waals surface area contributed by atoms with Gasteiger partial charge in [-0.05, 0) is 0 Å². The normalized spacial score (nSPS) is 5.86. The Morgan fingerprint density at radius 3 is 2.29 bits per heavy atom. The van der Waals surface area contributed by atoms with E-state index in [1.54, 1.807) is 0 Å². The summed E-state index contributed by atoms with van der Waals surface area (Å²) in [5, 5.41) is 0. The molecule has 0 N–H and O–H groups in total. The van der Waals surface area contributed by atoms with Gasteiger partial charge in [0, 0.05) is 6.92 Å². The maximum Gasteiger partial charge on any atom is 0.307 e. The lowest BCUT2D eigenvalue weighted by atomic mass is 10.8. The molecular weight excluding hydrogens is 107 g/mol. The molecule has 0 spiro atoms. The molecule has 0 aromatic heterocycles. The molecule has 3 heteroatoms. The van der Waals surface area contributed by atoms with Gasteiger partial charge in [-0.1, -0.05) is 6.58 Å². The average molecular weight is 116 g/mol. The summed E-state index contributed by atoms with van der Waals surface area (Å²) in [5.41, 5.74) is 0. The van der Waals surface area contributed by atoms with Crippen molar-refractivity contribution >= 4 is 23.3 Å². The fourth-order valence-corrected chi connectivity index (χ4v) is 0.117. The van der Waals surface area contributed by atoms with Gasteiger partial charge in [-0.2, -0.15) is 0 Å². The van der Waals surface area contributed by atoms with Gasteiger partial charge in [0.05, 0.1) is 6.26 Å². The van der Waals surface area contributed by atoms with E-state index in [2.05, 4.69) is 11.3 Å². The van der Waals surface area contributed by atoms with E-state index in [1.807, 2.05) is 0 Å². The van der Waals surface area contributed by atoms with E-state index in [-0.39, 0.29) is 23.3 Å². The standard InChI is InChI=1S/C4H6O2.Al.3H/c1-3-6-4(2)5;;;;/h3H,1H2,2H3;;;;. The predicted octanol–water partition coefficient (Wildman–Crippen LogP) is -0.491. The summed E-state index contributed by atoms with van der Waals surface area (Å²) in [7, 11) is 0. The van der Waals surface area contributed by atoms with Crippen LogP contribution in [0.4, 0.5) is 0 Å². The van der Waals surface area contributed by atoms with Crippen molar-refractivity contribution in [3.8, 4) is 0 Å². The zero-order valence-corrected chi connectivity index (χ0v) is 3.60. The third kappa shape index (κ3) is 10.7. The van der Waals surface area contributed by atoms with E-state index in [9.17, 15) is 4.79 Å². The SMILES string of the molecule is C=COC(C)=O.[AlH3]. The third-order valence-electron chi connectivity index (χ3n) is 0.249. The minimum Gasteiger partial charge on any atom is -0.435 e. The van der Waals surface area contributed by atoms with Gasteiger partial charge >= 0.3 is 5.97 Å². The van der Waals surface area contributed by atoms with Gasteiger partial charge in [0.1, 0.15) is 0 Å². The van der Waals surface area contributed by atoms with Crippen LogP contribution in [0.5, 0.6) is 0 Å². The molecule has 40 valence electrons. The van der Waals surface area contributed by atoms with Crippen molar-refractivity contribution in [2.24, 2.45) is 0 Å². The minimum absolute atomic E-state index is 0. The molecule has 0 saturated heterocycles. The first-order valence-corrected chi connectivity index (χ1v) is 1.55. The van der Waals surface area contributed by atoms with Gasteiger partial charge in [0.25, 0.3) is 0 Å². The van der Waals surface area contributed by atoms with Crippen LogP contribution < -0.4 is 0 Å². The molecule has 0 unspecified atom stereocenters. The highest BCUT2D eigenvalue weighted by molar-refractivity contribution is 5.75. The largest absolute Gasteiger partial charge is 0.435 e. The smallest absolute Gasteiger partial charge is 0.307 e. The van der Waals surface area contributed by atoms with E-state index < -0.39 is 0 Å². The molecule has 0 aliphatic carbocycles. The second-order valence-electron chi connectivity index (χ2n) is 0.776. The maximum atomic E-state index is 9.75. The van der Waals surface area contributed by atoms with Crippen LogP contribution in [0.25, 0.3) is 0 Å². The van der Waals surface area contributed by atoms with Gasteiger partial charge in [-0.25, -0.2) is 0 Å². The van der Waals surface area contributed by atoms with E-state index in [0.29, 0.717) is 0 Å². The Bertz CT molecular complexity index is 70.1. The van der Waals surface area contributed by atoms with Crippen LogP contribution in [-0.4, -0.2) is 23.3 Å². The Balaban J connectivity index is 0. The first-order valence-electron chi connectivity index (χ1n) is 1.55. The van der Waals surface area contributed by atoms with E-state index in [4.69, 9.17) is 0 Å². The van der Waals surface area contributed by atoms with E-state index in [0.717, 1.165) is 6.26 Å². The van der Waals surface area contributed by atoms with Gasteiger partial charge in [0.2, 0.25) is 0 Å². The van der Waals surface area contributed by atoms with Crippen molar-refractivity contribution in [1.29, 1.82) is 0 Å². The van der Waals surface area contributed by atoms with Crippen molar-refractivity contribution in [3.63, 3.8) is 0 Å². The second kappa shape index (κ2) is 5.74. The van der Waals surface area contributed by atoms with Crippen LogP contribution in [0.3, 0.4) is 0 Å². The van der Waals surface area contributed by atoms with Gasteiger partial charge in [-0.3, -0.25) is 4.79 Å². The summed E-state index contributed by atoms with van der Waals surface area (Å²) in [6.07, 6.45) is 1.10. The van der Waals surface area contributed by atoms with Crippen molar-refractivity contribution in [2.45, 2.75) is 6.92 Å². The van der Waals surface area contributed by atoms with Crippen LogP contribution >= 0.6 is 0 Å². The summed E-state index contributed by atoms with van der Waals surface area (Å²) in [4.78, 5) is 9.75. The van der Waals surface area contributed by atoms with Gasteiger partial charge < -0.3 is 4.74 Å². The van der Waals surface area contributed by atoms with E-state index in [1.165, 1.54) is 6.92 Å². The van der Waals surface area contributed by atoms with Crippen molar-refractivity contribution in [3.05, 3.63) is 12.8 Å². The Hall–Kier alpha value is -0.258. The molecule has 0 aliphatic rings. The number of carbonyl (C=O) groups excluding carboxylic acids is 1. The van der Waals surface area contributed by atoms with Crippen LogP contribution in [-0.2, 0) is 9.53 Å². The Morgan fingerprint density at radius 2 is 2.29 bits per heavy atom. The molecule has 0 rings (SSSR count). The number of esters is 1. The molecule has 0 radical (unpaired) electrons. The third-order valence-corrected chi connectivity index (χ3v) is 0.249. The molecule has 0 saturated carbocycles. The highest BCUT2D eigenvalue weighted by Gasteiger charge is 1.79. The zero-order chi connectivity index (χ0) is 4.99. The lowest BCUT2D eigenvalue weighted by Crippen LogP contribution is -1.87. The predicted molar refractivity (Wildman–Crippen MR) is 31.9 cm³/mol. The number of rotatable bonds is 1. The molecule has 0 aromatic rings. The summed E-state index contributed by atoms with van der Waals surface area (Å²) >= 11 is 0. The fraction of sp³-hybridized carbons (Fsp3) is 0.250. The van der Waals surface area contributed by atoms with Crippen LogP contribution in [0.15, 0.2) is 12.8 Å². The summed E-state index contributed by atoms with van der Waals surface area (Å²) in [5.74, 6) is -0.329. The Morgan fingerprint density at radius 1 is 1.86 bits per heavy atom. The molecular formula is C4H9AlO2. The first kappa shape index (κ1) is 9.89. The lowest BCUT2D eigenvalue weighted by Gasteiger charge is -1.83. The van der Waals surface area contributed by atoms with E-state index >= 15 is 0 Å². The molecule has 7 heavy (non-hydrogen) atoms. The number of carbonyl (C=O) groups is 1. The van der Waals surface area contributed by atoms with Crippen molar-refractivity contribution in [1.82, 2.24) is 0 Å². The number of hydrogen-bond acceptors (Lipinski definition) is 2. The molecule has 0 aliphatic heterocycles. The molecule has 2 nitrogen and oxygen atoms in total. The Kier molecular flexibility index (Phi) is 8.11. The molecule has 0 aromatic carbocycles. The fourth-order valence-electron chi connectivity index (χ4n) is 0.117. The minimum atomic E-state index is -0.329. The molecule has 0 bridgehead atoms. The van der Waals surface area contributed by atoms with Crippen LogP contribution in [0, 0.1) is 0 Å². The summed E-state index contributed by atoms with van der Waals surface area (Å²) in [6.45, 7) is 4.48. The summed E-state index contributed by atoms with van der Waals surface area (Å²) in [6, 6.07) is 0. The quantitative estimate of drug-likeness (QED) is 0.262. The Labute approximate surface area is 53.3 Å². The first-order chi connectivity index (χ1) is 2.77. The highest BCUT2D eigenvalue weighted by Crippen LogP contribution is 1.70. The highest BCUT2D eigenvalue weighted by atomic mass is 27.0. The summed E-state index contributed by atoms with van der Waals surface area (Å²) < 4.78 is 4.17. The second-order valence-corrected chi connectivity index (χ2v) is 0.776. The van der Waals surface area contributed by atoms with Crippen molar-refractivity contribution in [2.75, 3.05) is 0 Å². The van der Waals surface area contributed by atoms with Crippen LogP contribution in [0.2, 0.25) is 0 Å². The lowest BCUT2D eigenvalue weighted by molar-refractivity contribution is -0.135. The van der Waals surface area contributed by atoms with Crippen LogP contribution in [0.1, 0.15) is 6.92 Å². The topological polar surface area (TPSA) is 26.3 Å². The monoisotopic (exact) mass is 116 g/mol. The number of hydrogen-bond donors (Lipinski definition) is 0. The molecule has 0 heterocycles. The zero-order valence-electron chi connectivity index (χ0n) is 3.60.